The zero-order chi connectivity index (χ0) is 20.3. The van der Waals surface area contributed by atoms with Gasteiger partial charge in [0.25, 0.3) is 5.91 Å². The highest BCUT2D eigenvalue weighted by Crippen LogP contribution is 2.20. The number of pyridine rings is 1. The molecule has 0 spiro atoms. The van der Waals surface area contributed by atoms with Crippen molar-refractivity contribution in [2.75, 3.05) is 11.9 Å². The van der Waals surface area contributed by atoms with Crippen molar-refractivity contribution in [3.05, 3.63) is 47.4 Å². The van der Waals surface area contributed by atoms with Gasteiger partial charge in [0, 0.05) is 25.8 Å². The summed E-state index contributed by atoms with van der Waals surface area (Å²) < 4.78 is 3.35. The van der Waals surface area contributed by atoms with E-state index in [9.17, 15) is 9.59 Å². The Morgan fingerprint density at radius 2 is 2.07 bits per heavy atom. The van der Waals surface area contributed by atoms with Crippen LogP contribution in [0.4, 0.5) is 5.95 Å². The summed E-state index contributed by atoms with van der Waals surface area (Å²) in [5, 5.41) is 7.10. The summed E-state index contributed by atoms with van der Waals surface area (Å²) in [5.41, 5.74) is 13.2. The summed E-state index contributed by atoms with van der Waals surface area (Å²) >= 11 is 0. The molecule has 3 heterocycles. The molecule has 0 aromatic carbocycles. The van der Waals surface area contributed by atoms with Crippen molar-refractivity contribution in [3.63, 3.8) is 0 Å². The molecule has 146 valence electrons. The van der Waals surface area contributed by atoms with E-state index in [2.05, 4.69) is 20.4 Å². The van der Waals surface area contributed by atoms with Crippen molar-refractivity contribution >= 4 is 28.9 Å². The highest BCUT2D eigenvalue weighted by molar-refractivity contribution is 6.03. The van der Waals surface area contributed by atoms with Crippen molar-refractivity contribution in [2.24, 2.45) is 11.5 Å². The molecule has 0 atom stereocenters. The van der Waals surface area contributed by atoms with Crippen molar-refractivity contribution in [3.8, 4) is 0 Å². The van der Waals surface area contributed by atoms with Crippen LogP contribution in [-0.2, 0) is 13.1 Å². The van der Waals surface area contributed by atoms with E-state index in [4.69, 9.17) is 11.5 Å². The molecule has 10 nitrogen and oxygen atoms in total. The van der Waals surface area contributed by atoms with Gasteiger partial charge in [0.15, 0.2) is 5.65 Å². The van der Waals surface area contributed by atoms with E-state index in [-0.39, 0.29) is 11.5 Å². The topological polar surface area (TPSA) is 147 Å². The molecule has 28 heavy (non-hydrogen) atoms. The van der Waals surface area contributed by atoms with Gasteiger partial charge < -0.3 is 11.5 Å². The molecule has 0 fully saturated rings. The number of fused-ring (bicyclic) bond motifs is 1. The minimum atomic E-state index is -0.597. The summed E-state index contributed by atoms with van der Waals surface area (Å²) in [6.45, 7) is 5.09. The Balaban J connectivity index is 2.02. The van der Waals surface area contributed by atoms with E-state index in [1.54, 1.807) is 27.5 Å². The monoisotopic (exact) mass is 382 g/mol. The van der Waals surface area contributed by atoms with E-state index >= 15 is 0 Å². The van der Waals surface area contributed by atoms with Gasteiger partial charge in [0.2, 0.25) is 11.9 Å². The molecular weight excluding hydrogens is 360 g/mol. The van der Waals surface area contributed by atoms with Crippen molar-refractivity contribution in [1.82, 2.24) is 24.3 Å². The van der Waals surface area contributed by atoms with Crippen molar-refractivity contribution in [1.29, 1.82) is 0 Å². The average Bonchev–Trinajstić information content (AvgIpc) is 3.21. The molecule has 3 aromatic rings. The fourth-order valence-corrected chi connectivity index (χ4v) is 2.83. The zero-order valence-electron chi connectivity index (χ0n) is 15.7. The number of hydrogen-bond acceptors (Lipinski definition) is 6. The Morgan fingerprint density at radius 1 is 1.29 bits per heavy atom. The first-order valence-electron chi connectivity index (χ1n) is 8.81. The first kappa shape index (κ1) is 19.2. The number of nitrogens with one attached hydrogen (secondary N) is 1. The summed E-state index contributed by atoms with van der Waals surface area (Å²) in [7, 11) is 0. The molecule has 3 aromatic heterocycles. The minimum absolute atomic E-state index is 0.243. The quantitative estimate of drug-likeness (QED) is 0.516. The van der Waals surface area contributed by atoms with Crippen LogP contribution in [0.5, 0.6) is 0 Å². The number of primary amides is 1. The van der Waals surface area contributed by atoms with Crippen LogP contribution in [0.1, 0.15) is 33.5 Å². The predicted molar refractivity (Wildman–Crippen MR) is 105 cm³/mol. The lowest BCUT2D eigenvalue weighted by atomic mass is 10.2. The Labute approximate surface area is 161 Å². The number of aryl methyl sites for hydroxylation is 2. The number of nitrogens with two attached hydrogens (primary N) is 2. The first-order chi connectivity index (χ1) is 13.4. The molecule has 10 heteroatoms. The maximum absolute atomic E-state index is 12.8. The van der Waals surface area contributed by atoms with Gasteiger partial charge in [-0.05, 0) is 26.0 Å². The van der Waals surface area contributed by atoms with Gasteiger partial charge in [0.1, 0.15) is 11.2 Å². The largest absolute Gasteiger partial charge is 0.366 e. The molecule has 0 aliphatic rings. The molecule has 0 aliphatic heterocycles. The number of allylic oxidation sites excluding steroid dienone is 1. The molecule has 0 aliphatic carbocycles. The average molecular weight is 382 g/mol. The molecule has 5 N–H and O–H groups in total. The molecule has 3 rings (SSSR count). The minimum Gasteiger partial charge on any atom is -0.366 e. The number of hydrogen-bond donors (Lipinski definition) is 3. The van der Waals surface area contributed by atoms with Crippen molar-refractivity contribution in [2.45, 2.75) is 26.9 Å². The smallest absolute Gasteiger partial charge is 0.276 e. The third-order valence-electron chi connectivity index (χ3n) is 4.12. The maximum atomic E-state index is 12.8. The second-order valence-corrected chi connectivity index (χ2v) is 6.12. The first-order valence-corrected chi connectivity index (χ1v) is 8.81. The summed E-state index contributed by atoms with van der Waals surface area (Å²) in [4.78, 5) is 32.9. The van der Waals surface area contributed by atoms with Gasteiger partial charge in [-0.3, -0.25) is 24.2 Å². The van der Waals surface area contributed by atoms with E-state index in [1.165, 1.54) is 6.20 Å². The Kier molecular flexibility index (Phi) is 5.50. The highest BCUT2D eigenvalue weighted by Gasteiger charge is 2.19. The molecular formula is C18H22N8O2. The number of carbonyl (C=O) groups is 2. The standard InChI is InChI=1S/C18H22N8O2/c1-3-26-14(8-11(2)24-26)17(28)23-18-22-13-9-12(15(20)27)10-21-16(13)25(18)7-5-4-6-19/h4-5,8-10H,3,6-7,19H2,1-2H3,(H2,20,27)(H,22,23,28). The number of nitrogens with zero attached hydrogens (tertiary/aromatic N) is 5. The Morgan fingerprint density at radius 3 is 2.75 bits per heavy atom. The van der Waals surface area contributed by atoms with Gasteiger partial charge in [0.05, 0.1) is 11.3 Å². The van der Waals surface area contributed by atoms with Gasteiger partial charge >= 0.3 is 0 Å². The van der Waals surface area contributed by atoms with Crippen LogP contribution in [0, 0.1) is 6.92 Å². The third kappa shape index (κ3) is 3.76. The summed E-state index contributed by atoms with van der Waals surface area (Å²) in [5.74, 6) is -0.630. The number of rotatable bonds is 7. The third-order valence-corrected chi connectivity index (χ3v) is 4.12. The number of anilines is 1. The maximum Gasteiger partial charge on any atom is 0.276 e. The Hall–Kier alpha value is -3.53. The number of imidazole rings is 1. The molecule has 2 amide bonds. The lowest BCUT2D eigenvalue weighted by Gasteiger charge is -2.08. The summed E-state index contributed by atoms with van der Waals surface area (Å²) in [6.07, 6.45) is 5.03. The lowest BCUT2D eigenvalue weighted by Crippen LogP contribution is -2.20. The zero-order valence-corrected chi connectivity index (χ0v) is 15.7. The van der Waals surface area contributed by atoms with E-state index in [0.29, 0.717) is 42.4 Å². The van der Waals surface area contributed by atoms with Crippen LogP contribution < -0.4 is 16.8 Å². The van der Waals surface area contributed by atoms with Crippen LogP contribution in [0.15, 0.2) is 30.5 Å². The van der Waals surface area contributed by atoms with Gasteiger partial charge in [-0.25, -0.2) is 9.97 Å². The molecule has 0 bridgehead atoms. The van der Waals surface area contributed by atoms with E-state index in [0.717, 1.165) is 5.69 Å². The summed E-state index contributed by atoms with van der Waals surface area (Å²) in [6, 6.07) is 3.26. The van der Waals surface area contributed by atoms with Crippen LogP contribution in [0.3, 0.4) is 0 Å². The second kappa shape index (κ2) is 8.01. The second-order valence-electron chi connectivity index (χ2n) is 6.12. The van der Waals surface area contributed by atoms with Gasteiger partial charge in [-0.15, -0.1) is 0 Å². The SMILES string of the molecule is CCn1nc(C)cc1C(=O)Nc1nc2cc(C(N)=O)cnc2n1CC=CCN. The molecule has 0 saturated carbocycles. The highest BCUT2D eigenvalue weighted by atomic mass is 16.2. The Bertz CT molecular complexity index is 1060. The fraction of sp³-hybridized carbons (Fsp3) is 0.278. The predicted octanol–water partition coefficient (Wildman–Crippen LogP) is 0.822. The van der Waals surface area contributed by atoms with E-state index < -0.39 is 5.91 Å². The number of amides is 2. The van der Waals surface area contributed by atoms with E-state index in [1.807, 2.05) is 19.9 Å². The molecule has 0 radical (unpaired) electrons. The van der Waals surface area contributed by atoms with Crippen LogP contribution in [0.25, 0.3) is 11.2 Å². The number of aromatic nitrogens is 5. The molecule has 0 saturated heterocycles. The normalized spacial score (nSPS) is 11.4. The van der Waals surface area contributed by atoms with Crippen LogP contribution in [-0.4, -0.2) is 42.7 Å². The van der Waals surface area contributed by atoms with Gasteiger partial charge in [-0.2, -0.15) is 5.10 Å². The lowest BCUT2D eigenvalue weighted by molar-refractivity contribution is 0.0995. The van der Waals surface area contributed by atoms with Gasteiger partial charge in [-0.1, -0.05) is 12.2 Å². The number of carbonyl (C=O) groups excluding carboxylic acids is 2. The molecule has 0 unspecified atom stereocenters. The fourth-order valence-electron chi connectivity index (χ4n) is 2.83. The van der Waals surface area contributed by atoms with Crippen molar-refractivity contribution < 1.29 is 9.59 Å². The van der Waals surface area contributed by atoms with Crippen LogP contribution in [0.2, 0.25) is 0 Å². The van der Waals surface area contributed by atoms with Crippen LogP contribution >= 0.6 is 0 Å².